The molecule has 86 valence electrons. The number of rotatable bonds is 3. The van der Waals surface area contributed by atoms with Gasteiger partial charge in [0, 0.05) is 0 Å². The smallest absolute Gasteiger partial charge is 0.0188 e. The van der Waals surface area contributed by atoms with Crippen molar-refractivity contribution in [3.05, 3.63) is 35.9 Å². The Labute approximate surface area is 95.7 Å². The highest BCUT2D eigenvalue weighted by molar-refractivity contribution is 5.18. The highest BCUT2D eigenvalue weighted by atomic mass is 14.1. The summed E-state index contributed by atoms with van der Waals surface area (Å²) in [6.45, 7) is 11.1. The maximum absolute atomic E-state index is 2.30. The fourth-order valence-electron chi connectivity index (χ4n) is 1.62. The first kappa shape index (κ1) is 14.2. The van der Waals surface area contributed by atoms with E-state index in [4.69, 9.17) is 0 Å². The third-order valence-corrected chi connectivity index (χ3v) is 2.19. The van der Waals surface area contributed by atoms with Crippen LogP contribution in [0.2, 0.25) is 0 Å². The maximum atomic E-state index is 2.30. The topological polar surface area (TPSA) is 0 Å². The molecule has 0 N–H and O–H groups in total. The first-order valence-electron chi connectivity index (χ1n) is 6.16. The average Bonchev–Trinajstić information content (AvgIpc) is 2.19. The lowest BCUT2D eigenvalue weighted by Crippen LogP contribution is -1.97. The Morgan fingerprint density at radius 3 is 1.80 bits per heavy atom. The summed E-state index contributed by atoms with van der Waals surface area (Å²) in [5, 5.41) is 0. The van der Waals surface area contributed by atoms with Gasteiger partial charge >= 0.3 is 0 Å². The minimum Gasteiger partial charge on any atom is -0.0656 e. The van der Waals surface area contributed by atoms with Crippen molar-refractivity contribution in [3.8, 4) is 0 Å². The van der Waals surface area contributed by atoms with Gasteiger partial charge in [-0.25, -0.2) is 0 Å². The normalized spacial score (nSPS) is 11.9. The summed E-state index contributed by atoms with van der Waals surface area (Å²) in [7, 11) is 0. The summed E-state index contributed by atoms with van der Waals surface area (Å²) in [5.41, 5.74) is 1.46. The van der Waals surface area contributed by atoms with Gasteiger partial charge in [0.25, 0.3) is 0 Å². The van der Waals surface area contributed by atoms with E-state index in [1.807, 2.05) is 0 Å². The van der Waals surface area contributed by atoms with Gasteiger partial charge in [-0.05, 0) is 23.8 Å². The van der Waals surface area contributed by atoms with Crippen LogP contribution in [-0.4, -0.2) is 0 Å². The van der Waals surface area contributed by atoms with Crippen LogP contribution in [0.25, 0.3) is 0 Å². The van der Waals surface area contributed by atoms with Gasteiger partial charge in [0.2, 0.25) is 0 Å². The molecule has 0 fully saturated rings. The lowest BCUT2D eigenvalue weighted by Gasteiger charge is -2.13. The molecule has 0 saturated heterocycles. The van der Waals surface area contributed by atoms with E-state index >= 15 is 0 Å². The van der Waals surface area contributed by atoms with Crippen molar-refractivity contribution in [2.45, 2.75) is 53.4 Å². The molecule has 0 nitrogen and oxygen atoms in total. The fraction of sp³-hybridized carbons (Fsp3) is 0.600. The largest absolute Gasteiger partial charge is 0.0656 e. The molecule has 15 heavy (non-hydrogen) atoms. The van der Waals surface area contributed by atoms with E-state index in [1.165, 1.54) is 18.4 Å². The van der Waals surface area contributed by atoms with E-state index < -0.39 is 0 Å². The Kier molecular flexibility index (Phi) is 8.08. The van der Waals surface area contributed by atoms with Crippen LogP contribution in [0.1, 0.15) is 58.9 Å². The van der Waals surface area contributed by atoms with Crippen molar-refractivity contribution < 1.29 is 0 Å². The number of hydrogen-bond acceptors (Lipinski definition) is 0. The van der Waals surface area contributed by atoms with E-state index in [9.17, 15) is 0 Å². The molecule has 0 saturated carbocycles. The molecule has 0 heteroatoms. The number of hydrogen-bond donors (Lipinski definition) is 0. The molecule has 1 atom stereocenters. The summed E-state index contributed by atoms with van der Waals surface area (Å²) in [6, 6.07) is 10.7. The van der Waals surface area contributed by atoms with Crippen LogP contribution in [-0.2, 0) is 0 Å². The molecule has 0 radical (unpaired) electrons. The summed E-state index contributed by atoms with van der Waals surface area (Å²) in [5.74, 6) is 1.49. The first-order chi connectivity index (χ1) is 7.11. The van der Waals surface area contributed by atoms with Crippen LogP contribution in [0, 0.1) is 5.92 Å². The van der Waals surface area contributed by atoms with Gasteiger partial charge in [0.05, 0.1) is 0 Å². The van der Waals surface area contributed by atoms with Crippen LogP contribution >= 0.6 is 0 Å². The quantitative estimate of drug-likeness (QED) is 0.633. The SMILES string of the molecule is CC(C)CC(C)c1ccccc1.CCC. The van der Waals surface area contributed by atoms with E-state index in [2.05, 4.69) is 65.0 Å². The summed E-state index contributed by atoms with van der Waals surface area (Å²) >= 11 is 0. The molecule has 1 aromatic carbocycles. The third kappa shape index (κ3) is 7.18. The van der Waals surface area contributed by atoms with Crippen molar-refractivity contribution in [2.24, 2.45) is 5.92 Å². The molecule has 1 rings (SSSR count). The monoisotopic (exact) mass is 206 g/mol. The van der Waals surface area contributed by atoms with Crippen molar-refractivity contribution in [3.63, 3.8) is 0 Å². The van der Waals surface area contributed by atoms with Gasteiger partial charge in [0.1, 0.15) is 0 Å². The zero-order valence-corrected chi connectivity index (χ0v) is 11.0. The molecular formula is C15H26. The van der Waals surface area contributed by atoms with Gasteiger partial charge < -0.3 is 0 Å². The van der Waals surface area contributed by atoms with Crippen LogP contribution < -0.4 is 0 Å². The molecule has 0 aliphatic rings. The van der Waals surface area contributed by atoms with Gasteiger partial charge in [-0.15, -0.1) is 0 Å². The number of benzene rings is 1. The van der Waals surface area contributed by atoms with E-state index in [0.29, 0.717) is 5.92 Å². The highest BCUT2D eigenvalue weighted by Crippen LogP contribution is 2.22. The zero-order valence-electron chi connectivity index (χ0n) is 11.0. The van der Waals surface area contributed by atoms with E-state index in [-0.39, 0.29) is 0 Å². The predicted molar refractivity (Wildman–Crippen MR) is 70.3 cm³/mol. The Bertz CT molecular complexity index is 223. The molecule has 0 amide bonds. The van der Waals surface area contributed by atoms with E-state index in [1.54, 1.807) is 0 Å². The molecule has 0 aromatic heterocycles. The fourth-order valence-corrected chi connectivity index (χ4v) is 1.62. The van der Waals surface area contributed by atoms with Crippen molar-refractivity contribution >= 4 is 0 Å². The van der Waals surface area contributed by atoms with Crippen molar-refractivity contribution in [1.82, 2.24) is 0 Å². The van der Waals surface area contributed by atoms with Gasteiger partial charge in [0.15, 0.2) is 0 Å². The summed E-state index contributed by atoms with van der Waals surface area (Å²) in [4.78, 5) is 0. The lowest BCUT2D eigenvalue weighted by molar-refractivity contribution is 0.524. The molecule has 0 bridgehead atoms. The second-order valence-electron chi connectivity index (χ2n) is 4.65. The van der Waals surface area contributed by atoms with Crippen LogP contribution in [0.4, 0.5) is 0 Å². The molecule has 0 spiro atoms. The Morgan fingerprint density at radius 2 is 1.40 bits per heavy atom. The van der Waals surface area contributed by atoms with Crippen molar-refractivity contribution in [1.29, 1.82) is 0 Å². The molecular weight excluding hydrogens is 180 g/mol. The van der Waals surface area contributed by atoms with Gasteiger partial charge in [-0.2, -0.15) is 0 Å². The molecule has 0 aliphatic heterocycles. The minimum atomic E-state index is 0.700. The highest BCUT2D eigenvalue weighted by Gasteiger charge is 2.06. The minimum absolute atomic E-state index is 0.700. The maximum Gasteiger partial charge on any atom is -0.0188 e. The van der Waals surface area contributed by atoms with Crippen LogP contribution in [0.15, 0.2) is 30.3 Å². The molecule has 0 heterocycles. The Morgan fingerprint density at radius 1 is 0.933 bits per heavy atom. The Hall–Kier alpha value is -0.780. The van der Waals surface area contributed by atoms with Crippen LogP contribution in [0.5, 0.6) is 0 Å². The average molecular weight is 206 g/mol. The Balaban J connectivity index is 0.000000583. The van der Waals surface area contributed by atoms with E-state index in [0.717, 1.165) is 5.92 Å². The standard InChI is InChI=1S/C12H18.C3H8/c1-10(2)9-11(3)12-7-5-4-6-8-12;1-3-2/h4-8,10-11H,9H2,1-3H3;3H2,1-2H3. The summed E-state index contributed by atoms with van der Waals surface area (Å²) < 4.78 is 0. The second kappa shape index (κ2) is 8.52. The predicted octanol–water partition coefficient (Wildman–Crippen LogP) is 5.25. The lowest BCUT2D eigenvalue weighted by atomic mass is 9.92. The molecule has 1 aromatic rings. The summed E-state index contributed by atoms with van der Waals surface area (Å²) in [6.07, 6.45) is 2.53. The first-order valence-corrected chi connectivity index (χ1v) is 6.16. The third-order valence-electron chi connectivity index (χ3n) is 2.19. The van der Waals surface area contributed by atoms with Gasteiger partial charge in [-0.3, -0.25) is 0 Å². The van der Waals surface area contributed by atoms with Gasteiger partial charge in [-0.1, -0.05) is 71.4 Å². The van der Waals surface area contributed by atoms with Crippen LogP contribution in [0.3, 0.4) is 0 Å². The molecule has 1 unspecified atom stereocenters. The zero-order chi connectivity index (χ0) is 11.7. The second-order valence-corrected chi connectivity index (χ2v) is 4.65. The molecule has 0 aliphatic carbocycles. The van der Waals surface area contributed by atoms with Crippen molar-refractivity contribution in [2.75, 3.05) is 0 Å².